The highest BCUT2D eigenvalue weighted by molar-refractivity contribution is 7.89. The zero-order valence-electron chi connectivity index (χ0n) is 11.0. The average Bonchev–Trinajstić information content (AvgIpc) is 2.52. The molecule has 7 heteroatoms. The zero-order chi connectivity index (χ0) is 14.0. The van der Waals surface area contributed by atoms with Crippen LogP contribution >= 0.6 is 0 Å². The van der Waals surface area contributed by atoms with Gasteiger partial charge in [0.15, 0.2) is 0 Å². The number of nitrogen functional groups attached to an aromatic ring is 1. The van der Waals surface area contributed by atoms with Gasteiger partial charge in [0.05, 0.1) is 4.90 Å². The first-order valence-corrected chi connectivity index (χ1v) is 7.78. The van der Waals surface area contributed by atoms with Crippen LogP contribution < -0.4 is 15.8 Å². The molecule has 1 aliphatic rings. The fourth-order valence-electron chi connectivity index (χ4n) is 2.26. The van der Waals surface area contributed by atoms with Crippen molar-refractivity contribution in [2.75, 3.05) is 43.9 Å². The largest absolute Gasteiger partial charge is 0.399 e. The van der Waals surface area contributed by atoms with Crippen molar-refractivity contribution in [1.29, 1.82) is 0 Å². The van der Waals surface area contributed by atoms with Crippen molar-refractivity contribution in [2.24, 2.45) is 5.14 Å². The lowest BCUT2D eigenvalue weighted by atomic mass is 10.2. The summed E-state index contributed by atoms with van der Waals surface area (Å²) in [4.78, 5) is 4.47. The minimum absolute atomic E-state index is 0.0695. The molecule has 2 rings (SSSR count). The third-order valence-electron chi connectivity index (χ3n) is 3.33. The lowest BCUT2D eigenvalue weighted by Crippen LogP contribution is -2.29. The van der Waals surface area contributed by atoms with Crippen LogP contribution in [0.2, 0.25) is 0 Å². The van der Waals surface area contributed by atoms with Crippen molar-refractivity contribution in [3.63, 3.8) is 0 Å². The fourth-order valence-corrected chi connectivity index (χ4v) is 2.84. The quantitative estimate of drug-likeness (QED) is 0.749. The summed E-state index contributed by atoms with van der Waals surface area (Å²) in [5.41, 5.74) is 7.01. The van der Waals surface area contributed by atoms with Gasteiger partial charge >= 0.3 is 0 Å². The summed E-state index contributed by atoms with van der Waals surface area (Å²) in [6.07, 6.45) is 1.04. The number of nitrogens with two attached hydrogens (primary N) is 2. The van der Waals surface area contributed by atoms with Gasteiger partial charge in [-0.2, -0.15) is 0 Å². The number of rotatable bonds is 2. The Balaban J connectivity index is 2.31. The van der Waals surface area contributed by atoms with Gasteiger partial charge in [0.2, 0.25) is 10.0 Å². The molecule has 0 aromatic heterocycles. The highest BCUT2D eigenvalue weighted by Gasteiger charge is 2.16. The first-order valence-electron chi connectivity index (χ1n) is 6.23. The van der Waals surface area contributed by atoms with Gasteiger partial charge in [-0.3, -0.25) is 0 Å². The smallest absolute Gasteiger partial charge is 0.238 e. The summed E-state index contributed by atoms with van der Waals surface area (Å²) in [5.74, 6) is 0. The van der Waals surface area contributed by atoms with Gasteiger partial charge in [-0.15, -0.1) is 0 Å². The second-order valence-corrected chi connectivity index (χ2v) is 6.51. The van der Waals surface area contributed by atoms with Gasteiger partial charge < -0.3 is 15.5 Å². The summed E-state index contributed by atoms with van der Waals surface area (Å²) in [6, 6.07) is 4.78. The molecule has 1 aromatic carbocycles. The van der Waals surface area contributed by atoms with E-state index < -0.39 is 10.0 Å². The Morgan fingerprint density at radius 1 is 1.11 bits per heavy atom. The molecule has 0 radical (unpaired) electrons. The predicted molar refractivity (Wildman–Crippen MR) is 76.6 cm³/mol. The number of primary sulfonamides is 1. The minimum atomic E-state index is -3.72. The number of nitrogens with zero attached hydrogens (tertiary/aromatic N) is 2. The summed E-state index contributed by atoms with van der Waals surface area (Å²) in [6.45, 7) is 3.72. The maximum Gasteiger partial charge on any atom is 0.238 e. The van der Waals surface area contributed by atoms with Crippen molar-refractivity contribution in [3.05, 3.63) is 18.2 Å². The highest BCUT2D eigenvalue weighted by atomic mass is 32.2. The molecule has 4 N–H and O–H groups in total. The molecule has 0 saturated carbocycles. The molecule has 1 saturated heterocycles. The van der Waals surface area contributed by atoms with E-state index in [0.717, 1.165) is 38.3 Å². The first-order chi connectivity index (χ1) is 8.86. The van der Waals surface area contributed by atoms with Crippen LogP contribution in [-0.2, 0) is 10.0 Å². The van der Waals surface area contributed by atoms with E-state index in [1.165, 1.54) is 6.07 Å². The normalized spacial score (nSPS) is 18.3. The molecule has 0 spiro atoms. The molecule has 19 heavy (non-hydrogen) atoms. The van der Waals surface area contributed by atoms with Crippen molar-refractivity contribution < 1.29 is 8.42 Å². The van der Waals surface area contributed by atoms with Crippen LogP contribution in [0.4, 0.5) is 11.4 Å². The third kappa shape index (κ3) is 3.59. The van der Waals surface area contributed by atoms with Crippen LogP contribution in [0, 0.1) is 0 Å². The van der Waals surface area contributed by atoms with Crippen LogP contribution in [0.15, 0.2) is 23.1 Å². The van der Waals surface area contributed by atoms with E-state index in [4.69, 9.17) is 10.9 Å². The van der Waals surface area contributed by atoms with Crippen molar-refractivity contribution in [2.45, 2.75) is 11.3 Å². The molecule has 0 unspecified atom stereocenters. The monoisotopic (exact) mass is 284 g/mol. The number of hydrogen-bond acceptors (Lipinski definition) is 5. The van der Waals surface area contributed by atoms with Crippen LogP contribution in [0.5, 0.6) is 0 Å². The van der Waals surface area contributed by atoms with Crippen LogP contribution in [0.1, 0.15) is 6.42 Å². The van der Waals surface area contributed by atoms with E-state index in [1.807, 2.05) is 0 Å². The van der Waals surface area contributed by atoms with E-state index >= 15 is 0 Å². The second-order valence-electron chi connectivity index (χ2n) is 4.95. The molecule has 1 heterocycles. The Morgan fingerprint density at radius 3 is 2.53 bits per heavy atom. The molecule has 1 fully saturated rings. The van der Waals surface area contributed by atoms with Gasteiger partial charge in [0.1, 0.15) is 0 Å². The van der Waals surface area contributed by atoms with Crippen molar-refractivity contribution in [1.82, 2.24) is 4.90 Å². The second kappa shape index (κ2) is 5.36. The fraction of sp³-hybridized carbons (Fsp3) is 0.500. The molecule has 1 aliphatic heterocycles. The average molecular weight is 284 g/mol. The van der Waals surface area contributed by atoms with Crippen molar-refractivity contribution >= 4 is 21.4 Å². The van der Waals surface area contributed by atoms with Crippen molar-refractivity contribution in [3.8, 4) is 0 Å². The SMILES string of the molecule is CN1CCCN(c2cc(N)cc(S(N)(=O)=O)c2)CC1. The van der Waals surface area contributed by atoms with Crippen LogP contribution in [0.25, 0.3) is 0 Å². The Labute approximate surface area is 114 Å². The molecular formula is C12H20N4O2S. The number of anilines is 2. The lowest BCUT2D eigenvalue weighted by molar-refractivity contribution is 0.360. The standard InChI is InChI=1S/C12H20N4O2S/c1-15-3-2-4-16(6-5-15)11-7-10(13)8-12(9-11)19(14,17)18/h7-9H,2-6,13H2,1H3,(H2,14,17,18). The molecule has 0 bridgehead atoms. The highest BCUT2D eigenvalue weighted by Crippen LogP contribution is 2.24. The van der Waals surface area contributed by atoms with Gasteiger partial charge in [-0.1, -0.05) is 0 Å². The van der Waals surface area contributed by atoms with Crippen LogP contribution in [0.3, 0.4) is 0 Å². The number of sulfonamides is 1. The molecular weight excluding hydrogens is 264 g/mol. The maximum absolute atomic E-state index is 11.4. The topological polar surface area (TPSA) is 92.7 Å². The van der Waals surface area contributed by atoms with Gasteiger partial charge in [0.25, 0.3) is 0 Å². The summed E-state index contributed by atoms with van der Waals surface area (Å²) < 4.78 is 22.9. The Morgan fingerprint density at radius 2 is 1.84 bits per heavy atom. The van der Waals surface area contributed by atoms with E-state index in [9.17, 15) is 8.42 Å². The summed E-state index contributed by atoms with van der Waals surface area (Å²) in [7, 11) is -1.64. The molecule has 106 valence electrons. The minimum Gasteiger partial charge on any atom is -0.399 e. The van der Waals surface area contributed by atoms with Gasteiger partial charge in [-0.05, 0) is 38.2 Å². The third-order valence-corrected chi connectivity index (χ3v) is 4.22. The van der Waals surface area contributed by atoms with Gasteiger partial charge in [0, 0.05) is 31.0 Å². The Kier molecular flexibility index (Phi) is 3.98. The molecule has 0 amide bonds. The summed E-state index contributed by atoms with van der Waals surface area (Å²) in [5, 5.41) is 5.17. The van der Waals surface area contributed by atoms with E-state index in [1.54, 1.807) is 12.1 Å². The number of likely N-dealkylation sites (N-methyl/N-ethyl adjacent to an activating group) is 1. The lowest BCUT2D eigenvalue weighted by Gasteiger charge is -2.23. The van der Waals surface area contributed by atoms with E-state index in [0.29, 0.717) is 5.69 Å². The Hall–Kier alpha value is -1.31. The molecule has 0 atom stereocenters. The predicted octanol–water partition coefficient (Wildman–Crippen LogP) is 0.0581. The van der Waals surface area contributed by atoms with E-state index in [2.05, 4.69) is 16.8 Å². The number of hydrogen-bond donors (Lipinski definition) is 2. The molecule has 1 aromatic rings. The Bertz CT molecular complexity index is 559. The molecule has 6 nitrogen and oxygen atoms in total. The summed E-state index contributed by atoms with van der Waals surface area (Å²) >= 11 is 0. The zero-order valence-corrected chi connectivity index (χ0v) is 11.9. The number of benzene rings is 1. The maximum atomic E-state index is 11.4. The van der Waals surface area contributed by atoms with Crippen LogP contribution in [-0.4, -0.2) is 46.5 Å². The van der Waals surface area contributed by atoms with Gasteiger partial charge in [-0.25, -0.2) is 13.6 Å². The first kappa shape index (κ1) is 14.1. The van der Waals surface area contributed by atoms with E-state index in [-0.39, 0.29) is 4.90 Å². The molecule has 0 aliphatic carbocycles.